The van der Waals surface area contributed by atoms with Crippen LogP contribution in [0.3, 0.4) is 0 Å². The second-order valence-corrected chi connectivity index (χ2v) is 5.17. The number of nitrogens with zero attached hydrogens (tertiary/aromatic N) is 1. The van der Waals surface area contributed by atoms with Crippen molar-refractivity contribution in [3.8, 4) is 0 Å². The first-order valence-electron chi connectivity index (χ1n) is 7.14. The van der Waals surface area contributed by atoms with E-state index in [-0.39, 0.29) is 12.6 Å². The minimum Gasteiger partial charge on any atom is -0.481 e. The number of urea groups is 1. The van der Waals surface area contributed by atoms with Gasteiger partial charge in [0.15, 0.2) is 0 Å². The van der Waals surface area contributed by atoms with Crippen LogP contribution >= 0.6 is 0 Å². The first-order valence-corrected chi connectivity index (χ1v) is 7.14. The van der Waals surface area contributed by atoms with Crippen LogP contribution in [0.1, 0.15) is 12.0 Å². The molecule has 1 aliphatic rings. The molecule has 3 N–H and O–H groups in total. The first kappa shape index (κ1) is 15.3. The van der Waals surface area contributed by atoms with E-state index >= 15 is 0 Å². The number of benzene rings is 1. The number of carbonyl (C=O) groups excluding carboxylic acids is 1. The number of hydrogen-bond donors (Lipinski definition) is 3. The van der Waals surface area contributed by atoms with Crippen molar-refractivity contribution in [2.75, 3.05) is 31.6 Å². The second kappa shape index (κ2) is 7.08. The Hall–Kier alpha value is -2.08. The van der Waals surface area contributed by atoms with Crippen LogP contribution in [-0.4, -0.2) is 43.8 Å². The van der Waals surface area contributed by atoms with Crippen LogP contribution in [0.15, 0.2) is 24.3 Å². The van der Waals surface area contributed by atoms with E-state index in [0.29, 0.717) is 13.0 Å². The number of carboxylic acid groups (broad SMARTS) is 1. The van der Waals surface area contributed by atoms with Gasteiger partial charge in [0.2, 0.25) is 0 Å². The highest BCUT2D eigenvalue weighted by atomic mass is 16.4. The summed E-state index contributed by atoms with van der Waals surface area (Å²) in [4.78, 5) is 25.1. The van der Waals surface area contributed by atoms with E-state index in [1.165, 1.54) is 4.90 Å². The molecule has 6 heteroatoms. The van der Waals surface area contributed by atoms with Crippen molar-refractivity contribution in [1.29, 1.82) is 0 Å². The van der Waals surface area contributed by atoms with Gasteiger partial charge in [0.25, 0.3) is 0 Å². The van der Waals surface area contributed by atoms with Gasteiger partial charge >= 0.3 is 12.0 Å². The minimum atomic E-state index is -0.863. The standard InChI is InChI=1S/C15H21N3O3/c1-16-7-4-8-17-15(21)18-10-12(14(19)20)9-11-5-2-3-6-13(11)18/h2-3,5-6,12,16H,4,7-10H2,1H3,(H,17,21)(H,19,20). The van der Waals surface area contributed by atoms with Crippen LogP contribution in [0, 0.1) is 5.92 Å². The number of carbonyl (C=O) groups is 2. The lowest BCUT2D eigenvalue weighted by Gasteiger charge is -2.32. The average Bonchev–Trinajstić information content (AvgIpc) is 2.50. The smallest absolute Gasteiger partial charge is 0.321 e. The number of anilines is 1. The Balaban J connectivity index is 2.09. The Morgan fingerprint density at radius 1 is 1.33 bits per heavy atom. The van der Waals surface area contributed by atoms with Gasteiger partial charge in [-0.2, -0.15) is 0 Å². The maximum absolute atomic E-state index is 12.3. The molecule has 1 aromatic carbocycles. The fraction of sp³-hybridized carbons (Fsp3) is 0.467. The van der Waals surface area contributed by atoms with Crippen LogP contribution < -0.4 is 15.5 Å². The SMILES string of the molecule is CNCCCNC(=O)N1CC(C(=O)O)Cc2ccccc21. The summed E-state index contributed by atoms with van der Waals surface area (Å²) < 4.78 is 0. The number of aliphatic carboxylic acids is 1. The molecule has 114 valence electrons. The van der Waals surface area contributed by atoms with E-state index in [1.807, 2.05) is 31.3 Å². The lowest BCUT2D eigenvalue weighted by molar-refractivity contribution is -0.141. The number of amides is 2. The molecule has 0 aromatic heterocycles. The Bertz CT molecular complexity index is 519. The van der Waals surface area contributed by atoms with E-state index in [4.69, 9.17) is 0 Å². The molecule has 0 saturated heterocycles. The van der Waals surface area contributed by atoms with Crippen LogP contribution in [0.25, 0.3) is 0 Å². The molecule has 0 radical (unpaired) electrons. The van der Waals surface area contributed by atoms with Gasteiger partial charge in [0.1, 0.15) is 0 Å². The summed E-state index contributed by atoms with van der Waals surface area (Å²) in [6, 6.07) is 7.24. The Morgan fingerprint density at radius 2 is 2.10 bits per heavy atom. The maximum Gasteiger partial charge on any atom is 0.321 e. The van der Waals surface area contributed by atoms with Gasteiger partial charge in [-0.1, -0.05) is 18.2 Å². The summed E-state index contributed by atoms with van der Waals surface area (Å²) >= 11 is 0. The Kier molecular flexibility index (Phi) is 5.16. The van der Waals surface area contributed by atoms with Gasteiger partial charge in [-0.15, -0.1) is 0 Å². The van der Waals surface area contributed by atoms with E-state index in [1.54, 1.807) is 0 Å². The van der Waals surface area contributed by atoms with E-state index < -0.39 is 11.9 Å². The zero-order valence-corrected chi connectivity index (χ0v) is 12.1. The highest BCUT2D eigenvalue weighted by Crippen LogP contribution is 2.29. The Morgan fingerprint density at radius 3 is 2.81 bits per heavy atom. The summed E-state index contributed by atoms with van der Waals surface area (Å²) in [5, 5.41) is 15.1. The third kappa shape index (κ3) is 3.72. The molecule has 1 aromatic rings. The summed E-state index contributed by atoms with van der Waals surface area (Å²) in [6.07, 6.45) is 1.30. The average molecular weight is 291 g/mol. The lowest BCUT2D eigenvalue weighted by atomic mass is 9.93. The van der Waals surface area contributed by atoms with Crippen LogP contribution in [0.2, 0.25) is 0 Å². The third-order valence-electron chi connectivity index (χ3n) is 3.63. The number of fused-ring (bicyclic) bond motifs is 1. The van der Waals surface area contributed by atoms with Gasteiger partial charge in [0, 0.05) is 18.8 Å². The molecule has 1 unspecified atom stereocenters. The van der Waals surface area contributed by atoms with Crippen molar-refractivity contribution < 1.29 is 14.7 Å². The first-order chi connectivity index (χ1) is 10.1. The van der Waals surface area contributed by atoms with Crippen molar-refractivity contribution >= 4 is 17.7 Å². The summed E-state index contributed by atoms with van der Waals surface area (Å²) in [5.41, 5.74) is 1.71. The van der Waals surface area contributed by atoms with Gasteiger partial charge in [0.05, 0.1) is 5.92 Å². The number of carboxylic acids is 1. The topological polar surface area (TPSA) is 81.7 Å². The van der Waals surface area contributed by atoms with Crippen LogP contribution in [0.4, 0.5) is 10.5 Å². The highest BCUT2D eigenvalue weighted by Gasteiger charge is 2.31. The number of hydrogen-bond acceptors (Lipinski definition) is 3. The molecular weight excluding hydrogens is 270 g/mol. The van der Waals surface area contributed by atoms with E-state index in [2.05, 4.69) is 10.6 Å². The molecule has 0 bridgehead atoms. The van der Waals surface area contributed by atoms with Gasteiger partial charge in [-0.25, -0.2) is 4.79 Å². The van der Waals surface area contributed by atoms with Gasteiger partial charge in [-0.3, -0.25) is 9.69 Å². The van der Waals surface area contributed by atoms with Crippen LogP contribution in [-0.2, 0) is 11.2 Å². The molecule has 0 saturated carbocycles. The second-order valence-electron chi connectivity index (χ2n) is 5.17. The largest absolute Gasteiger partial charge is 0.481 e. The van der Waals surface area contributed by atoms with Gasteiger partial charge < -0.3 is 15.7 Å². The summed E-state index contributed by atoms with van der Waals surface area (Å²) in [6.45, 7) is 1.61. The highest BCUT2D eigenvalue weighted by molar-refractivity contribution is 5.94. The molecule has 21 heavy (non-hydrogen) atoms. The molecule has 2 amide bonds. The van der Waals surface area contributed by atoms with Crippen LogP contribution in [0.5, 0.6) is 0 Å². The maximum atomic E-state index is 12.3. The van der Waals surface area contributed by atoms with E-state index in [9.17, 15) is 14.7 Å². The zero-order valence-electron chi connectivity index (χ0n) is 12.1. The quantitative estimate of drug-likeness (QED) is 0.709. The number of nitrogens with one attached hydrogen (secondary N) is 2. The monoisotopic (exact) mass is 291 g/mol. The predicted molar refractivity (Wildman–Crippen MR) is 80.6 cm³/mol. The predicted octanol–water partition coefficient (Wildman–Crippen LogP) is 1.07. The summed E-state index contributed by atoms with van der Waals surface area (Å²) in [7, 11) is 1.86. The molecule has 0 fully saturated rings. The van der Waals surface area contributed by atoms with Crippen molar-refractivity contribution in [3.05, 3.63) is 29.8 Å². The lowest BCUT2D eigenvalue weighted by Crippen LogP contribution is -2.47. The number of rotatable bonds is 5. The normalized spacial score (nSPS) is 17.2. The molecular formula is C15H21N3O3. The van der Waals surface area contributed by atoms with Crippen molar-refractivity contribution in [2.45, 2.75) is 12.8 Å². The zero-order chi connectivity index (χ0) is 15.2. The molecule has 1 aliphatic heterocycles. The van der Waals surface area contributed by atoms with Crippen molar-refractivity contribution in [3.63, 3.8) is 0 Å². The van der Waals surface area contributed by atoms with E-state index in [0.717, 1.165) is 24.2 Å². The molecule has 0 spiro atoms. The molecule has 0 aliphatic carbocycles. The fourth-order valence-electron chi connectivity index (χ4n) is 2.51. The fourth-order valence-corrected chi connectivity index (χ4v) is 2.51. The molecule has 1 heterocycles. The Labute approximate surface area is 124 Å². The minimum absolute atomic E-state index is 0.213. The molecule has 2 rings (SSSR count). The van der Waals surface area contributed by atoms with Gasteiger partial charge in [-0.05, 0) is 38.1 Å². The number of para-hydroxylation sites is 1. The summed E-state index contributed by atoms with van der Waals surface area (Å²) in [5.74, 6) is -1.42. The third-order valence-corrected chi connectivity index (χ3v) is 3.63. The molecule has 6 nitrogen and oxygen atoms in total. The molecule has 1 atom stereocenters. The van der Waals surface area contributed by atoms with Crippen molar-refractivity contribution in [1.82, 2.24) is 10.6 Å². The van der Waals surface area contributed by atoms with Crippen molar-refractivity contribution in [2.24, 2.45) is 5.92 Å².